The van der Waals surface area contributed by atoms with Crippen molar-refractivity contribution in [3.05, 3.63) is 83.9 Å². The summed E-state index contributed by atoms with van der Waals surface area (Å²) in [6, 6.07) is 19.1. The number of carbonyl (C=O) groups excluding carboxylic acids is 2. The zero-order valence-corrected chi connectivity index (χ0v) is 29.1. The number of amides is 2. The van der Waals surface area contributed by atoms with E-state index < -0.39 is 28.1 Å². The van der Waals surface area contributed by atoms with Gasteiger partial charge < -0.3 is 29.1 Å². The Hall–Kier alpha value is -4.13. The SMILES string of the molecule is COc1ccc(S(=O)(=O)Nc2ccc3c(c2)C(=O)N([C@@H](C)CO)C[C@@H](C)[C@H](CN(C)C(=O)c2ccccc2)OCCCC[C@H](C)O3)cc1. The number of carbonyl (C=O) groups is 2. The summed E-state index contributed by atoms with van der Waals surface area (Å²) >= 11 is 0. The smallest absolute Gasteiger partial charge is 0.261 e. The van der Waals surface area contributed by atoms with E-state index in [0.717, 1.165) is 12.8 Å². The van der Waals surface area contributed by atoms with Crippen LogP contribution < -0.4 is 14.2 Å². The maximum Gasteiger partial charge on any atom is 0.261 e. The van der Waals surface area contributed by atoms with Crippen LogP contribution in [0, 0.1) is 5.92 Å². The minimum atomic E-state index is -3.99. The number of rotatable bonds is 9. The molecule has 3 aromatic rings. The van der Waals surface area contributed by atoms with Crippen molar-refractivity contribution in [3.63, 3.8) is 0 Å². The molecule has 0 aromatic heterocycles. The van der Waals surface area contributed by atoms with Gasteiger partial charge in [-0.1, -0.05) is 25.1 Å². The van der Waals surface area contributed by atoms with Crippen molar-refractivity contribution in [3.8, 4) is 11.5 Å². The van der Waals surface area contributed by atoms with Crippen molar-refractivity contribution in [1.29, 1.82) is 0 Å². The van der Waals surface area contributed by atoms with Crippen molar-refractivity contribution in [2.45, 2.75) is 63.2 Å². The summed E-state index contributed by atoms with van der Waals surface area (Å²) in [5, 5.41) is 10.2. The fraction of sp³-hybridized carbons (Fsp3) is 0.444. The molecule has 4 rings (SSSR count). The second kappa shape index (κ2) is 16.8. The van der Waals surface area contributed by atoms with Crippen LogP contribution in [0.3, 0.4) is 0 Å². The Labute approximate surface area is 283 Å². The lowest BCUT2D eigenvalue weighted by Gasteiger charge is -2.36. The molecule has 0 saturated heterocycles. The highest BCUT2D eigenvalue weighted by atomic mass is 32.2. The number of benzene rings is 3. The van der Waals surface area contributed by atoms with Crippen molar-refractivity contribution in [2.24, 2.45) is 5.92 Å². The van der Waals surface area contributed by atoms with Gasteiger partial charge in [-0.15, -0.1) is 0 Å². The molecule has 1 aliphatic rings. The Morgan fingerprint density at radius 1 is 1.08 bits per heavy atom. The predicted octanol–water partition coefficient (Wildman–Crippen LogP) is 5.06. The number of nitrogens with zero attached hydrogens (tertiary/aromatic N) is 2. The lowest BCUT2D eigenvalue weighted by molar-refractivity contribution is -0.0149. The van der Waals surface area contributed by atoms with Gasteiger partial charge in [0.2, 0.25) is 0 Å². The number of likely N-dealkylation sites (N-methyl/N-ethyl adjacent to an activating group) is 1. The average Bonchev–Trinajstić information content (AvgIpc) is 3.09. The monoisotopic (exact) mass is 681 g/mol. The lowest BCUT2D eigenvalue weighted by Crippen LogP contribution is -2.48. The first kappa shape index (κ1) is 36.7. The van der Waals surface area contributed by atoms with Gasteiger partial charge in [0, 0.05) is 43.9 Å². The van der Waals surface area contributed by atoms with E-state index in [1.165, 1.54) is 25.3 Å². The molecule has 0 fully saturated rings. The fourth-order valence-corrected chi connectivity index (χ4v) is 6.62. The van der Waals surface area contributed by atoms with Crippen molar-refractivity contribution in [2.75, 3.05) is 45.2 Å². The van der Waals surface area contributed by atoms with E-state index in [0.29, 0.717) is 36.6 Å². The van der Waals surface area contributed by atoms with E-state index in [9.17, 15) is 23.1 Å². The van der Waals surface area contributed by atoms with Gasteiger partial charge in [0.05, 0.1) is 42.4 Å². The van der Waals surface area contributed by atoms with E-state index in [2.05, 4.69) is 4.72 Å². The molecule has 3 aromatic carbocycles. The normalized spacial score (nSPS) is 20.1. The number of aliphatic hydroxyl groups excluding tert-OH is 1. The number of aliphatic hydroxyl groups is 1. The van der Waals surface area contributed by atoms with Crippen LogP contribution in [0.1, 0.15) is 60.7 Å². The second-order valence-corrected chi connectivity index (χ2v) is 14.0. The van der Waals surface area contributed by atoms with Crippen LogP contribution in [0.2, 0.25) is 0 Å². The first-order valence-electron chi connectivity index (χ1n) is 16.2. The average molecular weight is 682 g/mol. The van der Waals surface area contributed by atoms with E-state index >= 15 is 0 Å². The molecular formula is C36H47N3O8S. The standard InChI is InChI=1S/C36H47N3O8S/c1-25-22-39(26(2)24-40)36(42)32-21-29(37-48(43,44)31-17-15-30(45-5)16-18-31)14-19-33(32)47-27(3)11-9-10-20-46-34(25)23-38(4)35(41)28-12-7-6-8-13-28/h6-8,12-19,21,25-27,34,37,40H,9-11,20,22-24H2,1-5H3/t25-,26+,27+,34+/m1/s1. The molecule has 48 heavy (non-hydrogen) atoms. The number of hydrogen-bond acceptors (Lipinski definition) is 8. The Bertz CT molecular complexity index is 1620. The second-order valence-electron chi connectivity index (χ2n) is 12.3. The maximum atomic E-state index is 14.4. The van der Waals surface area contributed by atoms with E-state index in [1.807, 2.05) is 32.0 Å². The third kappa shape index (κ3) is 9.48. The van der Waals surface area contributed by atoms with E-state index in [4.69, 9.17) is 14.2 Å². The highest BCUT2D eigenvalue weighted by Crippen LogP contribution is 2.30. The molecule has 2 N–H and O–H groups in total. The largest absolute Gasteiger partial charge is 0.497 e. The minimum Gasteiger partial charge on any atom is -0.497 e. The van der Waals surface area contributed by atoms with Crippen LogP contribution in [-0.2, 0) is 14.8 Å². The molecule has 12 heteroatoms. The van der Waals surface area contributed by atoms with Crippen molar-refractivity contribution in [1.82, 2.24) is 9.80 Å². The Balaban J connectivity index is 1.65. The van der Waals surface area contributed by atoms with E-state index in [1.54, 1.807) is 60.2 Å². The van der Waals surface area contributed by atoms with Crippen molar-refractivity contribution < 1.29 is 37.3 Å². The van der Waals surface area contributed by atoms with Crippen LogP contribution in [-0.4, -0.2) is 93.8 Å². The molecule has 2 amide bonds. The Morgan fingerprint density at radius 3 is 2.46 bits per heavy atom. The molecule has 0 unspecified atom stereocenters. The van der Waals surface area contributed by atoms with Crippen LogP contribution in [0.15, 0.2) is 77.7 Å². The summed E-state index contributed by atoms with van der Waals surface area (Å²) < 4.78 is 46.8. The van der Waals surface area contributed by atoms with Gasteiger partial charge in [0.1, 0.15) is 11.5 Å². The highest BCUT2D eigenvalue weighted by Gasteiger charge is 2.31. The number of sulfonamides is 1. The first-order chi connectivity index (χ1) is 22.9. The molecule has 0 radical (unpaired) electrons. The number of hydrogen-bond donors (Lipinski definition) is 2. The highest BCUT2D eigenvalue weighted by molar-refractivity contribution is 7.92. The molecule has 4 atom stereocenters. The van der Waals surface area contributed by atoms with Gasteiger partial charge >= 0.3 is 0 Å². The third-order valence-corrected chi connectivity index (χ3v) is 9.89. The quantitative estimate of drug-likeness (QED) is 0.320. The third-order valence-electron chi connectivity index (χ3n) is 8.49. The van der Waals surface area contributed by atoms with Gasteiger partial charge in [-0.25, -0.2) is 8.42 Å². The van der Waals surface area contributed by atoms with Gasteiger partial charge in [0.25, 0.3) is 21.8 Å². The zero-order chi connectivity index (χ0) is 34.8. The molecule has 0 spiro atoms. The number of nitrogens with one attached hydrogen (secondary N) is 1. The molecule has 1 heterocycles. The fourth-order valence-electron chi connectivity index (χ4n) is 5.57. The summed E-state index contributed by atoms with van der Waals surface area (Å²) in [4.78, 5) is 30.8. The van der Waals surface area contributed by atoms with Gasteiger partial charge in [-0.05, 0) is 87.7 Å². The summed E-state index contributed by atoms with van der Waals surface area (Å²) in [6.07, 6.45) is 1.66. The van der Waals surface area contributed by atoms with Crippen molar-refractivity contribution >= 4 is 27.5 Å². The Morgan fingerprint density at radius 2 is 1.79 bits per heavy atom. The summed E-state index contributed by atoms with van der Waals surface area (Å²) in [7, 11) is -0.758. The molecular weight excluding hydrogens is 634 g/mol. The molecule has 0 bridgehead atoms. The zero-order valence-electron chi connectivity index (χ0n) is 28.3. The summed E-state index contributed by atoms with van der Waals surface area (Å²) in [6.45, 7) is 6.31. The number of ether oxygens (including phenoxy) is 3. The van der Waals surface area contributed by atoms with Crippen LogP contribution >= 0.6 is 0 Å². The van der Waals surface area contributed by atoms with E-state index in [-0.39, 0.29) is 47.2 Å². The maximum absolute atomic E-state index is 14.4. The molecule has 0 aliphatic carbocycles. The predicted molar refractivity (Wildman–Crippen MR) is 184 cm³/mol. The van der Waals surface area contributed by atoms with Crippen LogP contribution in [0.4, 0.5) is 5.69 Å². The topological polar surface area (TPSA) is 135 Å². The van der Waals surface area contributed by atoms with Gasteiger partial charge in [-0.3, -0.25) is 14.3 Å². The molecule has 11 nitrogen and oxygen atoms in total. The van der Waals surface area contributed by atoms with Gasteiger partial charge in [-0.2, -0.15) is 0 Å². The Kier molecular flexibility index (Phi) is 12.9. The minimum absolute atomic E-state index is 0.0330. The summed E-state index contributed by atoms with van der Waals surface area (Å²) in [5.41, 5.74) is 0.917. The summed E-state index contributed by atoms with van der Waals surface area (Å²) in [5.74, 6) is 0.0387. The number of fused-ring (bicyclic) bond motifs is 1. The lowest BCUT2D eigenvalue weighted by atomic mass is 10.0. The number of anilines is 1. The first-order valence-corrected chi connectivity index (χ1v) is 17.7. The van der Waals surface area contributed by atoms with Gasteiger partial charge in [0.15, 0.2) is 0 Å². The number of methoxy groups -OCH3 is 1. The molecule has 260 valence electrons. The van der Waals surface area contributed by atoms with Crippen LogP contribution in [0.5, 0.6) is 11.5 Å². The van der Waals surface area contributed by atoms with Crippen LogP contribution in [0.25, 0.3) is 0 Å². The molecule has 0 saturated carbocycles. The molecule has 1 aliphatic heterocycles.